The summed E-state index contributed by atoms with van der Waals surface area (Å²) < 4.78 is 0. The number of hydrogen-bond acceptors (Lipinski definition) is 5. The third-order valence-electron chi connectivity index (χ3n) is 2.64. The van der Waals surface area contributed by atoms with Crippen LogP contribution in [0.4, 0.5) is 0 Å². The van der Waals surface area contributed by atoms with Gasteiger partial charge in [-0.25, -0.2) is 0 Å². The van der Waals surface area contributed by atoms with Crippen LogP contribution in [0.15, 0.2) is 0 Å². The van der Waals surface area contributed by atoms with Crippen LogP contribution in [0, 0.1) is 0 Å². The number of unbranched alkanes of at least 4 members (excludes halogenated alkanes) is 7. The van der Waals surface area contributed by atoms with Gasteiger partial charge in [0.15, 0.2) is 0 Å². The third-order valence-corrected chi connectivity index (χ3v) is 2.64. The zero-order chi connectivity index (χ0) is 16.6. The van der Waals surface area contributed by atoms with Gasteiger partial charge in [-0.1, -0.05) is 32.6 Å². The van der Waals surface area contributed by atoms with Crippen LogP contribution in [0.3, 0.4) is 0 Å². The molecule has 0 rings (SSSR count). The maximum absolute atomic E-state index is 8.37. The molecule has 5 heteroatoms. The summed E-state index contributed by atoms with van der Waals surface area (Å²) in [6.45, 7) is 3.45. The van der Waals surface area contributed by atoms with Crippen LogP contribution < -0.4 is 0 Å². The highest BCUT2D eigenvalue weighted by Crippen LogP contribution is 2.00. The van der Waals surface area contributed by atoms with Crippen LogP contribution in [0.5, 0.6) is 0 Å². The molecule has 0 amide bonds. The van der Waals surface area contributed by atoms with Crippen molar-refractivity contribution in [3.05, 3.63) is 0 Å². The molecule has 0 aliphatic carbocycles. The molecule has 0 spiro atoms. The molecule has 21 heavy (non-hydrogen) atoms. The zero-order valence-corrected chi connectivity index (χ0v) is 13.8. The Bertz CT molecular complexity index is 120. The lowest BCUT2D eigenvalue weighted by Crippen LogP contribution is -1.85. The van der Waals surface area contributed by atoms with Crippen molar-refractivity contribution in [1.82, 2.24) is 0 Å². The highest BCUT2D eigenvalue weighted by atomic mass is 16.3. The van der Waals surface area contributed by atoms with Crippen LogP contribution in [0.2, 0.25) is 0 Å². The summed E-state index contributed by atoms with van der Waals surface area (Å²) >= 11 is 0. The van der Waals surface area contributed by atoms with E-state index in [2.05, 4.69) is 6.92 Å². The molecule has 5 N–H and O–H groups in total. The standard InChI is InChI=1S/C7H16O.C5H12O2.C4H10O2/c1-2-3-4-5-6-7-8;6-4-2-1-3-5-7;5-3-1-2-4-6/h8H,2-7H2,1H3;6-7H,1-5H2;5-6H,1-4H2. The van der Waals surface area contributed by atoms with E-state index in [1.165, 1.54) is 25.7 Å². The minimum absolute atomic E-state index is 0.195. The van der Waals surface area contributed by atoms with Gasteiger partial charge in [0.2, 0.25) is 0 Å². The van der Waals surface area contributed by atoms with Gasteiger partial charge in [0, 0.05) is 33.0 Å². The largest absolute Gasteiger partial charge is 0.396 e. The minimum Gasteiger partial charge on any atom is -0.396 e. The zero-order valence-electron chi connectivity index (χ0n) is 13.8. The van der Waals surface area contributed by atoms with Crippen molar-refractivity contribution in [2.24, 2.45) is 0 Å². The molecule has 0 aromatic heterocycles. The summed E-state index contributed by atoms with van der Waals surface area (Å²) in [5, 5.41) is 41.0. The fourth-order valence-electron chi connectivity index (χ4n) is 1.34. The predicted octanol–water partition coefficient (Wildman–Crippen LogP) is 1.84. The van der Waals surface area contributed by atoms with Crippen LogP contribution >= 0.6 is 0 Å². The van der Waals surface area contributed by atoms with Crippen LogP contribution in [0.1, 0.15) is 71.1 Å². The summed E-state index contributed by atoms with van der Waals surface area (Å²) in [6.07, 6.45) is 10.1. The van der Waals surface area contributed by atoms with Crippen molar-refractivity contribution in [1.29, 1.82) is 0 Å². The Morgan fingerprint density at radius 3 is 0.905 bits per heavy atom. The van der Waals surface area contributed by atoms with Gasteiger partial charge >= 0.3 is 0 Å². The molecule has 5 nitrogen and oxygen atoms in total. The molecule has 0 aliphatic heterocycles. The fourth-order valence-corrected chi connectivity index (χ4v) is 1.34. The minimum atomic E-state index is 0.195. The second-order valence-corrected chi connectivity index (χ2v) is 4.80. The topological polar surface area (TPSA) is 101 Å². The smallest absolute Gasteiger partial charge is 0.0431 e. The summed E-state index contributed by atoms with van der Waals surface area (Å²) in [4.78, 5) is 0. The molecule has 0 aromatic rings. The Balaban J connectivity index is -0.000000234. The number of hydrogen-bond donors (Lipinski definition) is 5. The SMILES string of the molecule is CCCCCCCO.OCCCCCO.OCCCCO. The van der Waals surface area contributed by atoms with E-state index in [0.29, 0.717) is 6.61 Å². The van der Waals surface area contributed by atoms with Gasteiger partial charge < -0.3 is 25.5 Å². The molecule has 0 atom stereocenters. The molecule has 0 saturated heterocycles. The van der Waals surface area contributed by atoms with E-state index in [0.717, 1.165) is 38.5 Å². The predicted molar refractivity (Wildman–Crippen MR) is 87.3 cm³/mol. The van der Waals surface area contributed by atoms with Gasteiger partial charge in [-0.2, -0.15) is 0 Å². The lowest BCUT2D eigenvalue weighted by molar-refractivity contribution is 0.242. The molecule has 0 radical (unpaired) electrons. The van der Waals surface area contributed by atoms with Crippen molar-refractivity contribution in [3.63, 3.8) is 0 Å². The molecule has 0 saturated carbocycles. The molecular formula is C16H38O5. The average Bonchev–Trinajstić information content (AvgIpc) is 2.51. The first-order chi connectivity index (χ1) is 10.2. The fraction of sp³-hybridized carbons (Fsp3) is 1.00. The van der Waals surface area contributed by atoms with Crippen LogP contribution in [0.25, 0.3) is 0 Å². The second kappa shape index (κ2) is 31.9. The van der Waals surface area contributed by atoms with Crippen molar-refractivity contribution in [3.8, 4) is 0 Å². The lowest BCUT2D eigenvalue weighted by atomic mass is 10.2. The Labute approximate surface area is 130 Å². The second-order valence-electron chi connectivity index (χ2n) is 4.80. The summed E-state index contributed by atoms with van der Waals surface area (Å²) in [7, 11) is 0. The molecule has 0 aliphatic rings. The van der Waals surface area contributed by atoms with Gasteiger partial charge in [-0.3, -0.25) is 0 Å². The normalized spacial score (nSPS) is 9.43. The van der Waals surface area contributed by atoms with Crippen LogP contribution in [-0.4, -0.2) is 58.6 Å². The van der Waals surface area contributed by atoms with E-state index < -0.39 is 0 Å². The highest BCUT2D eigenvalue weighted by molar-refractivity contribution is 4.39. The number of aliphatic hydroxyl groups excluding tert-OH is 5. The van der Waals surface area contributed by atoms with Crippen molar-refractivity contribution >= 4 is 0 Å². The van der Waals surface area contributed by atoms with Gasteiger partial charge in [0.25, 0.3) is 0 Å². The van der Waals surface area contributed by atoms with Gasteiger partial charge in [0.05, 0.1) is 0 Å². The molecule has 0 unspecified atom stereocenters. The molecule has 132 valence electrons. The maximum Gasteiger partial charge on any atom is 0.0431 e. The maximum atomic E-state index is 8.37. The Morgan fingerprint density at radius 2 is 0.619 bits per heavy atom. The van der Waals surface area contributed by atoms with Crippen molar-refractivity contribution in [2.75, 3.05) is 33.0 Å². The van der Waals surface area contributed by atoms with Gasteiger partial charge in [0.1, 0.15) is 0 Å². The molecule has 0 aromatic carbocycles. The van der Waals surface area contributed by atoms with E-state index in [4.69, 9.17) is 25.5 Å². The van der Waals surface area contributed by atoms with E-state index in [1.807, 2.05) is 0 Å². The quantitative estimate of drug-likeness (QED) is 0.354. The lowest BCUT2D eigenvalue weighted by Gasteiger charge is -1.93. The summed E-state index contributed by atoms with van der Waals surface area (Å²) in [6, 6.07) is 0. The Morgan fingerprint density at radius 1 is 0.381 bits per heavy atom. The molecule has 0 heterocycles. The van der Waals surface area contributed by atoms with E-state index in [1.54, 1.807) is 0 Å². The first-order valence-electron chi connectivity index (χ1n) is 8.29. The highest BCUT2D eigenvalue weighted by Gasteiger charge is 1.84. The summed E-state index contributed by atoms with van der Waals surface area (Å²) in [5.74, 6) is 0. The summed E-state index contributed by atoms with van der Waals surface area (Å²) in [5.41, 5.74) is 0. The van der Waals surface area contributed by atoms with E-state index >= 15 is 0 Å². The van der Waals surface area contributed by atoms with Gasteiger partial charge in [-0.15, -0.1) is 0 Å². The van der Waals surface area contributed by atoms with Gasteiger partial charge in [-0.05, 0) is 38.5 Å². The first kappa shape index (κ1) is 25.7. The number of rotatable bonds is 12. The molecular weight excluding hydrogens is 272 g/mol. The van der Waals surface area contributed by atoms with Crippen molar-refractivity contribution in [2.45, 2.75) is 71.1 Å². The average molecular weight is 310 g/mol. The Hall–Kier alpha value is -0.200. The van der Waals surface area contributed by atoms with Crippen molar-refractivity contribution < 1.29 is 25.5 Å². The Kier molecular flexibility index (Phi) is 39.2. The monoisotopic (exact) mass is 310 g/mol. The van der Waals surface area contributed by atoms with E-state index in [-0.39, 0.29) is 26.4 Å². The molecule has 0 bridgehead atoms. The molecule has 0 fully saturated rings. The first-order valence-corrected chi connectivity index (χ1v) is 8.29. The van der Waals surface area contributed by atoms with Crippen LogP contribution in [-0.2, 0) is 0 Å². The van der Waals surface area contributed by atoms with E-state index in [9.17, 15) is 0 Å². The number of aliphatic hydroxyl groups is 5. The third kappa shape index (κ3) is 45.1.